The Kier molecular flexibility index (Phi) is 5.92. The van der Waals surface area contributed by atoms with Crippen molar-refractivity contribution in [1.82, 2.24) is 20.2 Å². The summed E-state index contributed by atoms with van der Waals surface area (Å²) < 4.78 is 14.6. The van der Waals surface area contributed by atoms with Crippen molar-refractivity contribution in [2.75, 3.05) is 12.3 Å². The van der Waals surface area contributed by atoms with E-state index in [2.05, 4.69) is 20.8 Å². The standard InChI is InChI=1S/C17H18FN5S/c18-15-9-7-14(8-10-15)13-19-11-4-12-24-17-20-21-22-23(17)16-5-2-1-3-6-16/h1-3,5-10,19H,4,11-13H2/p+1. The first-order valence-corrected chi connectivity index (χ1v) is 8.84. The smallest absolute Gasteiger partial charge is 0.214 e. The highest BCUT2D eigenvalue weighted by atomic mass is 32.2. The molecule has 0 saturated heterocycles. The average Bonchev–Trinajstić information content (AvgIpc) is 3.09. The van der Waals surface area contributed by atoms with E-state index in [0.717, 1.165) is 41.7 Å². The van der Waals surface area contributed by atoms with Gasteiger partial charge in [-0.25, -0.2) is 4.39 Å². The van der Waals surface area contributed by atoms with Gasteiger partial charge in [0.05, 0.1) is 12.2 Å². The molecule has 0 amide bonds. The van der Waals surface area contributed by atoms with Crippen LogP contribution in [0.1, 0.15) is 12.0 Å². The lowest BCUT2D eigenvalue weighted by Gasteiger charge is -2.04. The highest BCUT2D eigenvalue weighted by molar-refractivity contribution is 7.99. The summed E-state index contributed by atoms with van der Waals surface area (Å²) in [6.45, 7) is 1.88. The molecule has 0 aliphatic rings. The molecule has 0 spiro atoms. The van der Waals surface area contributed by atoms with E-state index in [-0.39, 0.29) is 5.82 Å². The zero-order valence-electron chi connectivity index (χ0n) is 13.2. The summed E-state index contributed by atoms with van der Waals surface area (Å²) in [6.07, 6.45) is 1.05. The Morgan fingerprint density at radius 1 is 1.04 bits per heavy atom. The molecule has 0 fully saturated rings. The van der Waals surface area contributed by atoms with Gasteiger partial charge in [0.2, 0.25) is 5.16 Å². The number of nitrogens with two attached hydrogens (primary N) is 1. The van der Waals surface area contributed by atoms with Crippen molar-refractivity contribution in [2.24, 2.45) is 0 Å². The Morgan fingerprint density at radius 2 is 1.83 bits per heavy atom. The molecular formula is C17H19FN5S+. The summed E-state index contributed by atoms with van der Waals surface area (Å²) in [6, 6.07) is 16.5. The second kappa shape index (κ2) is 8.56. The van der Waals surface area contributed by atoms with Gasteiger partial charge in [-0.1, -0.05) is 42.1 Å². The Labute approximate surface area is 144 Å². The quantitative estimate of drug-likeness (QED) is 0.502. The number of quaternary nitrogens is 1. The summed E-state index contributed by atoms with van der Waals surface area (Å²) in [5, 5.41) is 14.9. The van der Waals surface area contributed by atoms with E-state index in [9.17, 15) is 4.39 Å². The van der Waals surface area contributed by atoms with E-state index in [4.69, 9.17) is 0 Å². The highest BCUT2D eigenvalue weighted by Crippen LogP contribution is 2.18. The molecule has 7 heteroatoms. The minimum atomic E-state index is -0.189. The lowest BCUT2D eigenvalue weighted by molar-refractivity contribution is -0.670. The Hall–Kier alpha value is -2.25. The van der Waals surface area contributed by atoms with Crippen LogP contribution >= 0.6 is 11.8 Å². The summed E-state index contributed by atoms with van der Waals surface area (Å²) in [7, 11) is 0. The molecule has 1 heterocycles. The average molecular weight is 344 g/mol. The topological polar surface area (TPSA) is 60.2 Å². The van der Waals surface area contributed by atoms with Gasteiger partial charge in [0, 0.05) is 17.7 Å². The first-order valence-electron chi connectivity index (χ1n) is 7.85. The number of halogens is 1. The minimum Gasteiger partial charge on any atom is -0.342 e. The van der Waals surface area contributed by atoms with Gasteiger partial charge in [-0.3, -0.25) is 0 Å². The molecule has 5 nitrogen and oxygen atoms in total. The van der Waals surface area contributed by atoms with Gasteiger partial charge in [0.15, 0.2) is 0 Å². The predicted molar refractivity (Wildman–Crippen MR) is 91.4 cm³/mol. The predicted octanol–water partition coefficient (Wildman–Crippen LogP) is 2.05. The van der Waals surface area contributed by atoms with E-state index in [0.29, 0.717) is 0 Å². The summed E-state index contributed by atoms with van der Waals surface area (Å²) in [4.78, 5) is 0. The van der Waals surface area contributed by atoms with Crippen LogP contribution in [0.4, 0.5) is 4.39 Å². The van der Waals surface area contributed by atoms with Crippen LogP contribution in [-0.4, -0.2) is 32.5 Å². The van der Waals surface area contributed by atoms with E-state index >= 15 is 0 Å². The maximum atomic E-state index is 12.8. The molecule has 2 N–H and O–H groups in total. The van der Waals surface area contributed by atoms with Crippen LogP contribution in [0.5, 0.6) is 0 Å². The van der Waals surface area contributed by atoms with Gasteiger partial charge >= 0.3 is 0 Å². The zero-order chi connectivity index (χ0) is 16.6. The van der Waals surface area contributed by atoms with Crippen LogP contribution in [0.15, 0.2) is 59.8 Å². The van der Waals surface area contributed by atoms with Crippen molar-refractivity contribution in [3.05, 3.63) is 66.0 Å². The lowest BCUT2D eigenvalue weighted by Crippen LogP contribution is -2.82. The Balaban J connectivity index is 1.40. The van der Waals surface area contributed by atoms with Crippen molar-refractivity contribution in [2.45, 2.75) is 18.1 Å². The van der Waals surface area contributed by atoms with Crippen molar-refractivity contribution < 1.29 is 9.71 Å². The van der Waals surface area contributed by atoms with Crippen molar-refractivity contribution in [3.63, 3.8) is 0 Å². The van der Waals surface area contributed by atoms with Crippen LogP contribution in [0.2, 0.25) is 0 Å². The normalized spacial score (nSPS) is 10.9. The number of rotatable bonds is 8. The minimum absolute atomic E-state index is 0.189. The van der Waals surface area contributed by atoms with Gasteiger partial charge in [-0.2, -0.15) is 4.68 Å². The second-order valence-electron chi connectivity index (χ2n) is 5.32. The van der Waals surface area contributed by atoms with Crippen molar-refractivity contribution >= 4 is 11.8 Å². The monoisotopic (exact) mass is 344 g/mol. The molecule has 1 aromatic heterocycles. The fraction of sp³-hybridized carbons (Fsp3) is 0.235. The third-order valence-corrected chi connectivity index (χ3v) is 4.52. The van der Waals surface area contributed by atoms with E-state index < -0.39 is 0 Å². The highest BCUT2D eigenvalue weighted by Gasteiger charge is 2.08. The number of aromatic nitrogens is 4. The lowest BCUT2D eigenvalue weighted by atomic mass is 10.2. The number of nitrogens with zero attached hydrogens (tertiary/aromatic N) is 4. The van der Waals surface area contributed by atoms with Crippen molar-refractivity contribution in [3.8, 4) is 5.69 Å². The molecule has 0 aliphatic heterocycles. The van der Waals surface area contributed by atoms with Gasteiger partial charge in [0.25, 0.3) is 0 Å². The summed E-state index contributed by atoms with van der Waals surface area (Å²) >= 11 is 1.65. The first-order chi connectivity index (χ1) is 11.8. The number of thioether (sulfide) groups is 1. The molecule has 3 rings (SSSR count). The van der Waals surface area contributed by atoms with Gasteiger partial charge in [-0.15, -0.1) is 5.10 Å². The molecule has 2 aromatic carbocycles. The van der Waals surface area contributed by atoms with Gasteiger partial charge in [0.1, 0.15) is 12.4 Å². The zero-order valence-corrected chi connectivity index (χ0v) is 14.0. The van der Waals surface area contributed by atoms with Crippen LogP contribution in [0.25, 0.3) is 5.69 Å². The third kappa shape index (κ3) is 4.62. The Bertz CT molecular complexity index is 745. The van der Waals surface area contributed by atoms with Crippen LogP contribution < -0.4 is 5.32 Å². The number of hydrogen-bond acceptors (Lipinski definition) is 4. The molecule has 0 radical (unpaired) electrons. The fourth-order valence-electron chi connectivity index (χ4n) is 2.28. The van der Waals surface area contributed by atoms with Crippen molar-refractivity contribution in [1.29, 1.82) is 0 Å². The van der Waals surface area contributed by atoms with E-state index in [1.54, 1.807) is 16.4 Å². The molecule has 124 valence electrons. The number of para-hydroxylation sites is 1. The molecule has 0 bridgehead atoms. The van der Waals surface area contributed by atoms with Gasteiger partial charge < -0.3 is 5.32 Å². The van der Waals surface area contributed by atoms with E-state index in [1.165, 1.54) is 12.1 Å². The third-order valence-electron chi connectivity index (χ3n) is 3.52. The van der Waals surface area contributed by atoms with E-state index in [1.807, 2.05) is 42.5 Å². The first kappa shape index (κ1) is 16.6. The number of tetrazole rings is 1. The number of benzene rings is 2. The molecule has 3 aromatic rings. The SMILES string of the molecule is Fc1ccc(C[NH2+]CCCSc2nnnn2-c2ccccc2)cc1. The summed E-state index contributed by atoms with van der Waals surface area (Å²) in [5.74, 6) is 0.763. The maximum absolute atomic E-state index is 12.8. The molecule has 0 saturated carbocycles. The summed E-state index contributed by atoms with van der Waals surface area (Å²) in [5.41, 5.74) is 2.10. The van der Waals surface area contributed by atoms with Crippen LogP contribution in [0, 0.1) is 5.82 Å². The molecule has 0 atom stereocenters. The fourth-order valence-corrected chi connectivity index (χ4v) is 3.13. The van der Waals surface area contributed by atoms with Crippen LogP contribution in [0.3, 0.4) is 0 Å². The maximum Gasteiger partial charge on any atom is 0.214 e. The molecular weight excluding hydrogens is 325 g/mol. The van der Waals surface area contributed by atoms with Crippen LogP contribution in [-0.2, 0) is 6.54 Å². The largest absolute Gasteiger partial charge is 0.342 e. The number of hydrogen-bond donors (Lipinski definition) is 1. The Morgan fingerprint density at radius 3 is 2.62 bits per heavy atom. The molecule has 0 aliphatic carbocycles. The second-order valence-corrected chi connectivity index (χ2v) is 6.38. The molecule has 0 unspecified atom stereocenters. The molecule has 24 heavy (non-hydrogen) atoms. The van der Waals surface area contributed by atoms with Gasteiger partial charge in [-0.05, 0) is 34.7 Å².